The number of ketones is 1. The number of carbonyl (C=O) groups is 2. The number of oxime groups is 1. The van der Waals surface area contributed by atoms with E-state index >= 15 is 0 Å². The molecule has 3 heterocycles. The van der Waals surface area contributed by atoms with E-state index in [2.05, 4.69) is 10.3 Å². The Hall–Kier alpha value is -3.36. The lowest BCUT2D eigenvalue weighted by atomic mass is 9.74. The van der Waals surface area contributed by atoms with E-state index in [-0.39, 0.29) is 29.9 Å². The lowest BCUT2D eigenvalue weighted by molar-refractivity contribution is -0.295. The van der Waals surface area contributed by atoms with Gasteiger partial charge < -0.3 is 44.0 Å². The Morgan fingerprint density at radius 3 is 2.29 bits per heavy atom. The van der Waals surface area contributed by atoms with Crippen LogP contribution in [0.15, 0.2) is 40.5 Å². The standard InChI is InChI=1S/C48H77N5O12S/c1-12-39-48(8,58)43(56)31(4)40(50-65-36-16-14-13-15-17-36)29(2)27-47(7,61-10)44(32(5)41(54)33(6)45(57)63-39)64-46-42(55)38(26-30(3)62-46)52(9)24-23-35-28-53(51-49-35)25-22-34-18-20-37(21-19-34)66(11,59)60/h18-21,28-33,36,38-39,42-44,46,55-56,58H,12-17,22-27H2,1-11H3/b50-40+/t29-,30-,31+,32+,33-,38+,39-,42-,43-,44-,46+,47-,48-/m1/s1. The number of rotatable bonds is 14. The van der Waals surface area contributed by atoms with E-state index in [1.165, 1.54) is 27.2 Å². The molecule has 13 atom stereocenters. The molecule has 1 saturated carbocycles. The minimum atomic E-state index is -3.27. The number of ether oxygens (including phenoxy) is 4. The fourth-order valence-electron chi connectivity index (χ4n) is 10.0. The minimum absolute atomic E-state index is 0.0937. The van der Waals surface area contributed by atoms with Crippen LogP contribution in [0.3, 0.4) is 0 Å². The Kier molecular flexibility index (Phi) is 18.5. The molecule has 5 rings (SSSR count). The number of aliphatic hydroxyl groups excluding tert-OH is 2. The molecule has 372 valence electrons. The van der Waals surface area contributed by atoms with Gasteiger partial charge in [0.15, 0.2) is 21.9 Å². The number of nitrogens with zero attached hydrogens (tertiary/aromatic N) is 5. The van der Waals surface area contributed by atoms with Crippen LogP contribution in [-0.4, -0.2) is 148 Å². The van der Waals surface area contributed by atoms with E-state index in [4.69, 9.17) is 28.9 Å². The molecule has 0 bridgehead atoms. The number of likely N-dealkylation sites (N-methyl/N-ethyl adjacent to an activating group) is 1. The van der Waals surface area contributed by atoms with E-state index in [1.807, 2.05) is 38.9 Å². The number of hydrogen-bond donors (Lipinski definition) is 3. The first-order valence-corrected chi connectivity index (χ1v) is 25.7. The van der Waals surface area contributed by atoms with Crippen LogP contribution in [0.1, 0.15) is 118 Å². The summed E-state index contributed by atoms with van der Waals surface area (Å²) in [6, 6.07) is 6.41. The molecule has 1 aromatic carbocycles. The molecule has 2 saturated heterocycles. The number of sulfone groups is 1. The molecule has 3 fully saturated rings. The molecule has 18 heteroatoms. The van der Waals surface area contributed by atoms with Gasteiger partial charge in [-0.15, -0.1) is 5.10 Å². The summed E-state index contributed by atoms with van der Waals surface area (Å²) in [7, 11) is 0.171. The fraction of sp³-hybridized carbons (Fsp3) is 0.771. The molecule has 3 aliphatic rings. The number of methoxy groups -OCH3 is 1. The van der Waals surface area contributed by atoms with E-state index in [0.29, 0.717) is 38.1 Å². The molecule has 0 spiro atoms. The number of cyclic esters (lactones) is 1. The molecular weight excluding hydrogens is 871 g/mol. The van der Waals surface area contributed by atoms with Crippen molar-refractivity contribution in [1.82, 2.24) is 19.9 Å². The number of esters is 1. The zero-order chi connectivity index (χ0) is 48.7. The van der Waals surface area contributed by atoms with Crippen LogP contribution >= 0.6 is 0 Å². The van der Waals surface area contributed by atoms with Gasteiger partial charge in [-0.1, -0.05) is 56.6 Å². The van der Waals surface area contributed by atoms with Crippen molar-refractivity contribution >= 4 is 27.3 Å². The highest BCUT2D eigenvalue weighted by Crippen LogP contribution is 2.39. The summed E-state index contributed by atoms with van der Waals surface area (Å²) in [4.78, 5) is 36.7. The summed E-state index contributed by atoms with van der Waals surface area (Å²) >= 11 is 0. The second-order valence-electron chi connectivity index (χ2n) is 19.7. The maximum absolute atomic E-state index is 14.4. The third kappa shape index (κ3) is 13.0. The van der Waals surface area contributed by atoms with Crippen molar-refractivity contribution in [3.8, 4) is 0 Å². The van der Waals surface area contributed by atoms with Crippen molar-refractivity contribution in [1.29, 1.82) is 0 Å². The van der Waals surface area contributed by atoms with Crippen LogP contribution in [0, 0.1) is 23.7 Å². The number of benzene rings is 1. The Bertz CT molecular complexity index is 2040. The van der Waals surface area contributed by atoms with Crippen LogP contribution in [0.5, 0.6) is 0 Å². The van der Waals surface area contributed by atoms with Crippen LogP contribution in [0.2, 0.25) is 0 Å². The third-order valence-corrected chi connectivity index (χ3v) is 15.5. The SMILES string of the molecule is CC[C@H]1OC(=O)[C@H](C)C(=O)[C@H](C)[C@@H](O[C@@H]2O[C@H](C)C[C@H](N(C)CCc3cn(CCc4ccc(S(C)(=O)=O)cc4)nn3)[C@H]2O)[C@](C)(OC)C[C@@H](C)/C(=N\OC2CCCCC2)[C@H](C)[C@@H](O)[C@]1(C)O. The van der Waals surface area contributed by atoms with Crippen molar-refractivity contribution in [3.63, 3.8) is 0 Å². The highest BCUT2D eigenvalue weighted by atomic mass is 32.2. The number of hydrogen-bond acceptors (Lipinski definition) is 16. The summed E-state index contributed by atoms with van der Waals surface area (Å²) in [5, 5.41) is 49.2. The van der Waals surface area contributed by atoms with Gasteiger partial charge in [-0.3, -0.25) is 14.3 Å². The zero-order valence-corrected chi connectivity index (χ0v) is 41.8. The molecule has 1 aromatic heterocycles. The van der Waals surface area contributed by atoms with Crippen molar-refractivity contribution in [2.45, 2.75) is 191 Å². The summed E-state index contributed by atoms with van der Waals surface area (Å²) in [6.07, 6.45) is 3.58. The summed E-state index contributed by atoms with van der Waals surface area (Å²) in [6.45, 7) is 14.8. The number of aliphatic hydroxyl groups is 3. The summed E-state index contributed by atoms with van der Waals surface area (Å²) in [5.41, 5.74) is -0.944. The first kappa shape index (κ1) is 53.6. The van der Waals surface area contributed by atoms with E-state index in [9.17, 15) is 33.3 Å². The Morgan fingerprint density at radius 1 is 1.00 bits per heavy atom. The van der Waals surface area contributed by atoms with Gasteiger partial charge in [0, 0.05) is 62.9 Å². The molecule has 17 nitrogen and oxygen atoms in total. The minimum Gasteiger partial charge on any atom is -0.459 e. The van der Waals surface area contributed by atoms with Gasteiger partial charge in [-0.05, 0) is 104 Å². The van der Waals surface area contributed by atoms with Crippen LogP contribution in [0.4, 0.5) is 0 Å². The molecule has 0 amide bonds. The number of aromatic nitrogens is 3. The molecule has 1 aliphatic carbocycles. The van der Waals surface area contributed by atoms with Gasteiger partial charge in [0.25, 0.3) is 0 Å². The molecule has 0 unspecified atom stereocenters. The Labute approximate surface area is 391 Å². The maximum atomic E-state index is 14.4. The normalized spacial score (nSPS) is 35.4. The summed E-state index contributed by atoms with van der Waals surface area (Å²) in [5.74, 6) is -4.78. The van der Waals surface area contributed by atoms with Crippen molar-refractivity contribution in [2.24, 2.45) is 28.8 Å². The number of aryl methyl sites for hydroxylation is 2. The fourth-order valence-corrected chi connectivity index (χ4v) is 10.6. The predicted octanol–water partition coefficient (Wildman–Crippen LogP) is 4.71. The average molecular weight is 948 g/mol. The Balaban J connectivity index is 1.37. The van der Waals surface area contributed by atoms with E-state index < -0.39 is 93.2 Å². The van der Waals surface area contributed by atoms with Gasteiger partial charge in [0.2, 0.25) is 0 Å². The molecule has 2 aliphatic heterocycles. The molecule has 2 aromatic rings. The largest absolute Gasteiger partial charge is 0.459 e. The number of Topliss-reactive ketones (excluding diaryl/α,β-unsaturated/α-hetero) is 1. The molecule has 3 N–H and O–H groups in total. The van der Waals surface area contributed by atoms with Gasteiger partial charge in [-0.2, -0.15) is 0 Å². The molecular formula is C48H77N5O12S. The van der Waals surface area contributed by atoms with Crippen molar-refractivity contribution in [3.05, 3.63) is 41.7 Å². The lowest BCUT2D eigenvalue weighted by Gasteiger charge is -2.47. The summed E-state index contributed by atoms with van der Waals surface area (Å²) < 4.78 is 50.8. The topological polar surface area (TPSA) is 221 Å². The van der Waals surface area contributed by atoms with Crippen LogP contribution in [0.25, 0.3) is 0 Å². The number of carbonyl (C=O) groups excluding carboxylic acids is 2. The molecule has 66 heavy (non-hydrogen) atoms. The monoisotopic (exact) mass is 948 g/mol. The first-order chi connectivity index (χ1) is 31.0. The quantitative estimate of drug-likeness (QED) is 0.133. The molecule has 0 radical (unpaired) electrons. The lowest BCUT2D eigenvalue weighted by Crippen LogP contribution is -2.60. The predicted molar refractivity (Wildman–Crippen MR) is 247 cm³/mol. The van der Waals surface area contributed by atoms with Gasteiger partial charge >= 0.3 is 5.97 Å². The highest BCUT2D eigenvalue weighted by molar-refractivity contribution is 7.90. The average Bonchev–Trinajstić information content (AvgIpc) is 3.75. The van der Waals surface area contributed by atoms with Crippen molar-refractivity contribution in [2.75, 3.05) is 27.0 Å². The zero-order valence-electron chi connectivity index (χ0n) is 41.0. The van der Waals surface area contributed by atoms with Gasteiger partial charge in [0.05, 0.1) is 40.2 Å². The van der Waals surface area contributed by atoms with E-state index in [1.54, 1.807) is 49.7 Å². The Morgan fingerprint density at radius 2 is 1.67 bits per heavy atom. The van der Waals surface area contributed by atoms with Crippen molar-refractivity contribution < 1.29 is 57.1 Å². The van der Waals surface area contributed by atoms with Gasteiger partial charge in [0.1, 0.15) is 29.8 Å². The smallest absolute Gasteiger partial charge is 0.316 e. The van der Waals surface area contributed by atoms with Crippen LogP contribution in [-0.2, 0) is 62.6 Å². The van der Waals surface area contributed by atoms with Gasteiger partial charge in [-0.25, -0.2) is 8.42 Å². The third-order valence-electron chi connectivity index (χ3n) is 14.4. The second-order valence-corrected chi connectivity index (χ2v) is 21.8. The van der Waals surface area contributed by atoms with Crippen LogP contribution < -0.4 is 0 Å². The highest BCUT2D eigenvalue weighted by Gasteiger charge is 2.52. The second kappa shape index (κ2) is 22.8. The maximum Gasteiger partial charge on any atom is 0.316 e. The first-order valence-electron chi connectivity index (χ1n) is 23.8. The van der Waals surface area contributed by atoms with E-state index in [0.717, 1.165) is 43.4 Å².